The fraction of sp³-hybridized carbons (Fsp3) is 0.227. The Hall–Kier alpha value is -2.58. The molecular weight excluding hydrogens is 464 g/mol. The third-order valence-corrected chi connectivity index (χ3v) is 5.88. The quantitative estimate of drug-likeness (QED) is 0.394. The molecule has 1 N–H and O–H groups in total. The maximum atomic E-state index is 12.6. The van der Waals surface area contributed by atoms with Gasteiger partial charge in [-0.15, -0.1) is 10.2 Å². The van der Waals surface area contributed by atoms with Gasteiger partial charge < -0.3 is 10.1 Å². The van der Waals surface area contributed by atoms with Crippen LogP contribution < -0.4 is 10.1 Å². The smallest absolute Gasteiger partial charge is 0.258 e. The van der Waals surface area contributed by atoms with Gasteiger partial charge in [-0.3, -0.25) is 9.20 Å². The van der Waals surface area contributed by atoms with Crippen molar-refractivity contribution in [3.05, 3.63) is 71.1 Å². The lowest BCUT2D eigenvalue weighted by atomic mass is 10.1. The third kappa shape index (κ3) is 4.76. The summed E-state index contributed by atoms with van der Waals surface area (Å²) in [5, 5.41) is 13.7. The fourth-order valence-corrected chi connectivity index (χ4v) is 4.12. The third-order valence-electron chi connectivity index (χ3n) is 4.74. The summed E-state index contributed by atoms with van der Waals surface area (Å²) in [6, 6.07) is 17.3. The summed E-state index contributed by atoms with van der Waals surface area (Å²) >= 11 is 5.20. The van der Waals surface area contributed by atoms with Crippen LogP contribution in [0.4, 0.5) is 0 Å². The van der Waals surface area contributed by atoms with E-state index >= 15 is 0 Å². The number of benzene rings is 2. The maximum Gasteiger partial charge on any atom is 0.258 e. The van der Waals surface area contributed by atoms with Gasteiger partial charge >= 0.3 is 0 Å². The lowest BCUT2D eigenvalue weighted by Gasteiger charge is -2.17. The molecule has 30 heavy (non-hydrogen) atoms. The van der Waals surface area contributed by atoms with Crippen LogP contribution >= 0.6 is 27.7 Å². The van der Waals surface area contributed by atoms with Crippen molar-refractivity contribution >= 4 is 50.0 Å². The normalized spacial score (nSPS) is 12.2. The lowest BCUT2D eigenvalue weighted by molar-refractivity contribution is -0.123. The van der Waals surface area contributed by atoms with Crippen molar-refractivity contribution in [3.63, 3.8) is 0 Å². The van der Waals surface area contributed by atoms with E-state index in [0.29, 0.717) is 5.75 Å². The molecule has 0 spiro atoms. The first-order chi connectivity index (χ1) is 14.6. The van der Waals surface area contributed by atoms with E-state index in [1.807, 2.05) is 71.5 Å². The van der Waals surface area contributed by atoms with Crippen LogP contribution in [-0.4, -0.2) is 39.1 Å². The van der Waals surface area contributed by atoms with Crippen molar-refractivity contribution < 1.29 is 9.53 Å². The highest BCUT2D eigenvalue weighted by Gasteiger charge is 2.20. The molecule has 8 heteroatoms. The van der Waals surface area contributed by atoms with Crippen molar-refractivity contribution in [1.29, 1.82) is 0 Å². The molecule has 1 amide bonds. The molecule has 4 aromatic rings. The first-order valence-corrected chi connectivity index (χ1v) is 11.7. The van der Waals surface area contributed by atoms with Gasteiger partial charge in [0.2, 0.25) is 0 Å². The average molecular weight is 485 g/mol. The van der Waals surface area contributed by atoms with Crippen LogP contribution in [-0.2, 0) is 4.79 Å². The second-order valence-corrected chi connectivity index (χ2v) is 8.73. The highest BCUT2D eigenvalue weighted by atomic mass is 79.9. The summed E-state index contributed by atoms with van der Waals surface area (Å²) in [6.45, 7) is -0.0610. The van der Waals surface area contributed by atoms with Gasteiger partial charge in [-0.05, 0) is 65.6 Å². The predicted molar refractivity (Wildman–Crippen MR) is 124 cm³/mol. The molecule has 2 aromatic carbocycles. The average Bonchev–Trinajstić information content (AvgIpc) is 3.19. The molecule has 2 aromatic heterocycles. The molecule has 0 fully saturated rings. The largest absolute Gasteiger partial charge is 0.484 e. The van der Waals surface area contributed by atoms with Crippen molar-refractivity contribution in [1.82, 2.24) is 19.9 Å². The summed E-state index contributed by atoms with van der Waals surface area (Å²) in [4.78, 5) is 12.6. The molecule has 2 heterocycles. The van der Waals surface area contributed by atoms with E-state index in [9.17, 15) is 4.79 Å². The molecule has 6 nitrogen and oxygen atoms in total. The van der Waals surface area contributed by atoms with Gasteiger partial charge in [-0.2, -0.15) is 11.8 Å². The molecule has 0 aliphatic heterocycles. The van der Waals surface area contributed by atoms with Gasteiger partial charge in [0.25, 0.3) is 5.91 Å². The van der Waals surface area contributed by atoms with Gasteiger partial charge in [0.15, 0.2) is 18.1 Å². The Morgan fingerprint density at radius 3 is 2.87 bits per heavy atom. The summed E-state index contributed by atoms with van der Waals surface area (Å²) in [7, 11) is 0. The first-order valence-electron chi connectivity index (χ1n) is 9.54. The number of carbonyl (C=O) groups excluding carboxylic acids is 1. The Kier molecular flexibility index (Phi) is 6.54. The number of halogens is 1. The minimum absolute atomic E-state index is 0.0610. The molecule has 4 rings (SSSR count). The Morgan fingerprint density at radius 1 is 1.17 bits per heavy atom. The highest BCUT2D eigenvalue weighted by Crippen LogP contribution is 2.24. The molecule has 1 unspecified atom stereocenters. The SMILES string of the molecule is CSCCC(NC(=O)COc1ccc2cc(Br)ccc2c1)c1nnc2ccccn12. The summed E-state index contributed by atoms with van der Waals surface area (Å²) in [5.74, 6) is 2.09. The Bertz CT molecular complexity index is 1180. The number of nitrogens with one attached hydrogen (secondary N) is 1. The van der Waals surface area contributed by atoms with Gasteiger partial charge in [-0.25, -0.2) is 0 Å². The predicted octanol–water partition coefficient (Wildman–Crippen LogP) is 4.63. The zero-order chi connectivity index (χ0) is 20.9. The molecule has 0 saturated heterocycles. The minimum Gasteiger partial charge on any atom is -0.484 e. The molecule has 0 aliphatic carbocycles. The topological polar surface area (TPSA) is 68.5 Å². The maximum absolute atomic E-state index is 12.6. The van der Waals surface area contributed by atoms with Gasteiger partial charge in [0.05, 0.1) is 6.04 Å². The molecule has 0 aliphatic rings. The van der Waals surface area contributed by atoms with Crippen LogP contribution in [0.2, 0.25) is 0 Å². The minimum atomic E-state index is -0.236. The van der Waals surface area contributed by atoms with Crippen molar-refractivity contribution in [3.8, 4) is 5.75 Å². The first kappa shape index (κ1) is 20.7. The van der Waals surface area contributed by atoms with Crippen LogP contribution in [0.25, 0.3) is 16.4 Å². The zero-order valence-corrected chi connectivity index (χ0v) is 18.8. The molecule has 0 radical (unpaired) electrons. The summed E-state index contributed by atoms with van der Waals surface area (Å²) in [6.07, 6.45) is 4.71. The molecular formula is C22H21BrN4O2S. The van der Waals surface area contributed by atoms with Crippen LogP contribution in [0.1, 0.15) is 18.3 Å². The highest BCUT2D eigenvalue weighted by molar-refractivity contribution is 9.10. The van der Waals surface area contributed by atoms with Gasteiger partial charge in [-0.1, -0.05) is 34.1 Å². The lowest BCUT2D eigenvalue weighted by Crippen LogP contribution is -2.34. The molecule has 0 bridgehead atoms. The summed E-state index contributed by atoms with van der Waals surface area (Å²) in [5.41, 5.74) is 0.759. The Morgan fingerprint density at radius 2 is 2.00 bits per heavy atom. The number of amides is 1. The number of carbonyl (C=O) groups is 1. The van der Waals surface area contributed by atoms with Crippen LogP contribution in [0.3, 0.4) is 0 Å². The van der Waals surface area contributed by atoms with E-state index in [1.54, 1.807) is 11.8 Å². The zero-order valence-electron chi connectivity index (χ0n) is 16.4. The van der Waals surface area contributed by atoms with E-state index in [4.69, 9.17) is 4.74 Å². The second kappa shape index (κ2) is 9.49. The molecule has 1 atom stereocenters. The van der Waals surface area contributed by atoms with E-state index in [-0.39, 0.29) is 18.6 Å². The van der Waals surface area contributed by atoms with Gasteiger partial charge in [0.1, 0.15) is 5.75 Å². The van der Waals surface area contributed by atoms with Crippen LogP contribution in [0.5, 0.6) is 5.75 Å². The van der Waals surface area contributed by atoms with Crippen molar-refractivity contribution in [2.45, 2.75) is 12.5 Å². The number of hydrogen-bond acceptors (Lipinski definition) is 5. The van der Waals surface area contributed by atoms with Crippen molar-refractivity contribution in [2.24, 2.45) is 0 Å². The monoisotopic (exact) mass is 484 g/mol. The van der Waals surface area contributed by atoms with Gasteiger partial charge in [0, 0.05) is 10.7 Å². The number of hydrogen-bond donors (Lipinski definition) is 1. The standard InChI is InChI=1S/C22H21BrN4O2S/c1-30-11-9-19(22-26-25-20-4-2-3-10-27(20)22)24-21(28)14-29-18-8-6-15-12-17(23)7-5-16(15)13-18/h2-8,10,12-13,19H,9,11,14H2,1H3,(H,24,28). The number of aromatic nitrogens is 3. The number of rotatable bonds is 8. The fourth-order valence-electron chi connectivity index (χ4n) is 3.27. The van der Waals surface area contributed by atoms with Crippen LogP contribution in [0, 0.1) is 0 Å². The summed E-state index contributed by atoms with van der Waals surface area (Å²) < 4.78 is 8.68. The number of pyridine rings is 1. The second-order valence-electron chi connectivity index (χ2n) is 6.83. The number of ether oxygens (including phenoxy) is 1. The number of nitrogens with zero attached hydrogens (tertiary/aromatic N) is 3. The van der Waals surface area contributed by atoms with E-state index in [0.717, 1.165) is 38.9 Å². The number of fused-ring (bicyclic) bond motifs is 2. The van der Waals surface area contributed by atoms with E-state index in [2.05, 4.69) is 31.4 Å². The molecule has 154 valence electrons. The van der Waals surface area contributed by atoms with Crippen molar-refractivity contribution in [2.75, 3.05) is 18.6 Å². The van der Waals surface area contributed by atoms with E-state index in [1.165, 1.54) is 0 Å². The number of thioether (sulfide) groups is 1. The van der Waals surface area contributed by atoms with E-state index < -0.39 is 0 Å². The van der Waals surface area contributed by atoms with Crippen LogP contribution in [0.15, 0.2) is 65.3 Å². The molecule has 0 saturated carbocycles. The Labute approximate surface area is 187 Å². The Balaban J connectivity index is 1.44.